The van der Waals surface area contributed by atoms with Gasteiger partial charge in [-0.05, 0) is 11.6 Å². The normalized spacial score (nSPS) is 33.6. The summed E-state index contributed by atoms with van der Waals surface area (Å²) in [4.78, 5) is 8.72. The quantitative estimate of drug-likeness (QED) is 0.798. The summed E-state index contributed by atoms with van der Waals surface area (Å²) in [6.45, 7) is 5.38. The third-order valence-electron chi connectivity index (χ3n) is 3.85. The second-order valence-electron chi connectivity index (χ2n) is 4.87. The summed E-state index contributed by atoms with van der Waals surface area (Å²) >= 11 is 0. The lowest BCUT2D eigenvalue weighted by Crippen LogP contribution is -2.63. The topological polar surface area (TPSA) is 45.4 Å². The third kappa shape index (κ3) is 2.06. The van der Waals surface area contributed by atoms with Gasteiger partial charge in [0.2, 0.25) is 0 Å². The molecule has 1 aromatic rings. The van der Waals surface area contributed by atoms with Crippen molar-refractivity contribution in [1.82, 2.24) is 14.8 Å². The molecule has 2 unspecified atom stereocenters. The van der Waals surface area contributed by atoms with Crippen LogP contribution in [0.5, 0.6) is 0 Å². The third-order valence-corrected chi connectivity index (χ3v) is 3.85. The molecule has 0 amide bonds. The summed E-state index contributed by atoms with van der Waals surface area (Å²) in [5, 5.41) is 0. The Labute approximate surface area is 100 Å². The molecule has 0 radical (unpaired) electrons. The lowest BCUT2D eigenvalue weighted by Gasteiger charge is -2.49. The highest BCUT2D eigenvalue weighted by Crippen LogP contribution is 2.25. The van der Waals surface area contributed by atoms with Crippen LogP contribution in [-0.4, -0.2) is 53.5 Å². The fourth-order valence-corrected chi connectivity index (χ4v) is 2.83. The van der Waals surface area contributed by atoms with Crippen molar-refractivity contribution < 1.29 is 4.39 Å². The van der Waals surface area contributed by atoms with Crippen molar-refractivity contribution in [2.75, 3.05) is 32.7 Å². The van der Waals surface area contributed by atoms with Crippen LogP contribution in [0.15, 0.2) is 18.5 Å². The van der Waals surface area contributed by atoms with Gasteiger partial charge in [0.15, 0.2) is 0 Å². The molecular formula is C12H17FN4. The van der Waals surface area contributed by atoms with Gasteiger partial charge in [0.25, 0.3) is 0 Å². The average molecular weight is 236 g/mol. The van der Waals surface area contributed by atoms with E-state index < -0.39 is 0 Å². The number of pyridine rings is 1. The molecule has 1 aromatic heterocycles. The number of piperazine rings is 3. The fourth-order valence-electron chi connectivity index (χ4n) is 2.83. The molecule has 0 aliphatic carbocycles. The molecule has 0 spiro atoms. The van der Waals surface area contributed by atoms with Gasteiger partial charge >= 0.3 is 0 Å². The molecule has 0 saturated carbocycles. The van der Waals surface area contributed by atoms with Crippen molar-refractivity contribution in [2.45, 2.75) is 12.1 Å². The summed E-state index contributed by atoms with van der Waals surface area (Å²) in [6.07, 6.45) is 2.89. The largest absolute Gasteiger partial charge is 0.323 e. The minimum Gasteiger partial charge on any atom is -0.323 e. The van der Waals surface area contributed by atoms with Crippen LogP contribution in [0.2, 0.25) is 0 Å². The van der Waals surface area contributed by atoms with E-state index in [9.17, 15) is 4.39 Å². The zero-order valence-corrected chi connectivity index (χ0v) is 9.72. The Hall–Kier alpha value is -1.04. The number of hydrogen-bond donors (Lipinski definition) is 1. The van der Waals surface area contributed by atoms with Crippen molar-refractivity contribution in [2.24, 2.45) is 5.73 Å². The lowest BCUT2D eigenvalue weighted by molar-refractivity contribution is 0.00207. The van der Waals surface area contributed by atoms with Gasteiger partial charge in [-0.2, -0.15) is 0 Å². The number of rotatable bonds is 2. The molecular weight excluding hydrogens is 219 g/mol. The molecule has 4 rings (SSSR count). The van der Waals surface area contributed by atoms with Crippen LogP contribution in [-0.2, 0) is 0 Å². The fraction of sp³-hybridized carbons (Fsp3) is 0.583. The number of aromatic nitrogens is 1. The maximum absolute atomic E-state index is 13.1. The van der Waals surface area contributed by atoms with Crippen LogP contribution in [0.3, 0.4) is 0 Å². The van der Waals surface area contributed by atoms with Gasteiger partial charge in [-0.3, -0.25) is 14.8 Å². The maximum Gasteiger partial charge on any atom is 0.141 e. The van der Waals surface area contributed by atoms with E-state index in [-0.39, 0.29) is 11.9 Å². The predicted octanol–water partition coefficient (Wildman–Crippen LogP) is 0.220. The highest BCUT2D eigenvalue weighted by Gasteiger charge is 2.35. The zero-order valence-electron chi connectivity index (χ0n) is 9.72. The van der Waals surface area contributed by atoms with E-state index in [0.717, 1.165) is 38.3 Å². The van der Waals surface area contributed by atoms with E-state index in [4.69, 9.17) is 5.73 Å². The van der Waals surface area contributed by atoms with Gasteiger partial charge < -0.3 is 5.73 Å². The molecule has 5 heteroatoms. The molecule has 3 aliphatic rings. The van der Waals surface area contributed by atoms with Crippen LogP contribution in [0.1, 0.15) is 11.6 Å². The number of hydrogen-bond acceptors (Lipinski definition) is 4. The summed E-state index contributed by atoms with van der Waals surface area (Å²) in [7, 11) is 0. The Kier molecular flexibility index (Phi) is 2.82. The van der Waals surface area contributed by atoms with Crippen molar-refractivity contribution in [3.8, 4) is 0 Å². The first-order chi connectivity index (χ1) is 8.24. The highest BCUT2D eigenvalue weighted by molar-refractivity contribution is 5.18. The smallest absolute Gasteiger partial charge is 0.141 e. The average Bonchev–Trinajstić information content (AvgIpc) is 2.39. The van der Waals surface area contributed by atoms with Gasteiger partial charge in [-0.1, -0.05) is 0 Å². The molecule has 2 atom stereocenters. The standard InChI is InChI=1S/C12H17FN4/c13-10-5-9(6-15-7-10)12(14)11-8-16-1-3-17(11)4-2-16/h5-7,11-12H,1-4,8,14H2. The number of nitrogens with zero attached hydrogens (tertiary/aromatic N) is 3. The van der Waals surface area contributed by atoms with Crippen LogP contribution >= 0.6 is 0 Å². The monoisotopic (exact) mass is 236 g/mol. The highest BCUT2D eigenvalue weighted by atomic mass is 19.1. The summed E-state index contributed by atoms with van der Waals surface area (Å²) in [5.74, 6) is -0.311. The van der Waals surface area contributed by atoms with E-state index >= 15 is 0 Å². The molecule has 3 fully saturated rings. The van der Waals surface area contributed by atoms with Gasteiger partial charge in [0.05, 0.1) is 6.20 Å². The number of fused-ring (bicyclic) bond motifs is 3. The number of nitrogens with two attached hydrogens (primary N) is 1. The maximum atomic E-state index is 13.1. The Morgan fingerprint density at radius 1 is 1.29 bits per heavy atom. The molecule has 92 valence electrons. The molecule has 3 aliphatic heterocycles. The Bertz CT molecular complexity index is 403. The van der Waals surface area contributed by atoms with E-state index in [1.807, 2.05) is 0 Å². The zero-order chi connectivity index (χ0) is 11.8. The van der Waals surface area contributed by atoms with E-state index in [1.54, 1.807) is 6.20 Å². The Morgan fingerprint density at radius 2 is 2.06 bits per heavy atom. The van der Waals surface area contributed by atoms with E-state index in [1.165, 1.54) is 12.3 Å². The minimum absolute atomic E-state index is 0.152. The SMILES string of the molecule is NC(c1cncc(F)c1)C1CN2CCN1CC2. The summed E-state index contributed by atoms with van der Waals surface area (Å²) < 4.78 is 13.1. The van der Waals surface area contributed by atoms with Gasteiger partial charge in [-0.25, -0.2) is 4.39 Å². The molecule has 4 heterocycles. The summed E-state index contributed by atoms with van der Waals surface area (Å²) in [5.41, 5.74) is 7.05. The molecule has 17 heavy (non-hydrogen) atoms. The molecule has 2 bridgehead atoms. The second kappa shape index (κ2) is 4.33. The number of halogens is 1. The van der Waals surface area contributed by atoms with Crippen molar-refractivity contribution in [1.29, 1.82) is 0 Å². The van der Waals surface area contributed by atoms with Gasteiger partial charge in [0, 0.05) is 51.0 Å². The van der Waals surface area contributed by atoms with Crippen LogP contribution in [0, 0.1) is 5.82 Å². The van der Waals surface area contributed by atoms with E-state index in [0.29, 0.717) is 6.04 Å². The first kappa shape index (κ1) is 11.1. The van der Waals surface area contributed by atoms with Crippen molar-refractivity contribution in [3.05, 3.63) is 29.8 Å². The lowest BCUT2D eigenvalue weighted by atomic mass is 9.96. The molecule has 4 nitrogen and oxygen atoms in total. The van der Waals surface area contributed by atoms with Gasteiger partial charge in [-0.15, -0.1) is 0 Å². The predicted molar refractivity (Wildman–Crippen MR) is 62.9 cm³/mol. The minimum atomic E-state index is -0.311. The van der Waals surface area contributed by atoms with Crippen LogP contribution < -0.4 is 5.73 Å². The molecule has 3 saturated heterocycles. The Morgan fingerprint density at radius 3 is 2.65 bits per heavy atom. The first-order valence-corrected chi connectivity index (χ1v) is 6.06. The summed E-state index contributed by atoms with van der Waals surface area (Å²) in [6, 6.07) is 1.64. The molecule has 0 aromatic carbocycles. The Balaban J connectivity index is 1.80. The van der Waals surface area contributed by atoms with Crippen LogP contribution in [0.4, 0.5) is 4.39 Å². The van der Waals surface area contributed by atoms with Gasteiger partial charge in [0.1, 0.15) is 5.82 Å². The van der Waals surface area contributed by atoms with Crippen molar-refractivity contribution >= 4 is 0 Å². The van der Waals surface area contributed by atoms with Crippen LogP contribution in [0.25, 0.3) is 0 Å². The van der Waals surface area contributed by atoms with E-state index in [2.05, 4.69) is 14.8 Å². The second-order valence-corrected chi connectivity index (χ2v) is 4.87. The first-order valence-electron chi connectivity index (χ1n) is 6.06. The van der Waals surface area contributed by atoms with Crippen molar-refractivity contribution in [3.63, 3.8) is 0 Å². The molecule has 2 N–H and O–H groups in total.